The summed E-state index contributed by atoms with van der Waals surface area (Å²) in [5.41, 5.74) is 0. The SMILES string of the molecule is CCCCOC(=O)CN1CCCC1C1CCCCC1O. The van der Waals surface area contributed by atoms with Gasteiger partial charge in [-0.3, -0.25) is 9.69 Å². The van der Waals surface area contributed by atoms with E-state index < -0.39 is 0 Å². The molecule has 2 rings (SSSR count). The number of hydrogen-bond acceptors (Lipinski definition) is 4. The van der Waals surface area contributed by atoms with Crippen molar-refractivity contribution in [3.05, 3.63) is 0 Å². The quantitative estimate of drug-likeness (QED) is 0.600. The Morgan fingerprint density at radius 3 is 2.80 bits per heavy atom. The van der Waals surface area contributed by atoms with Crippen LogP contribution in [0.25, 0.3) is 0 Å². The van der Waals surface area contributed by atoms with Crippen LogP contribution in [0.3, 0.4) is 0 Å². The number of aliphatic hydroxyl groups is 1. The molecule has 1 heterocycles. The van der Waals surface area contributed by atoms with E-state index in [1.807, 2.05) is 0 Å². The molecule has 1 saturated heterocycles. The first kappa shape index (κ1) is 15.8. The normalized spacial score (nSPS) is 31.4. The average molecular weight is 283 g/mol. The summed E-state index contributed by atoms with van der Waals surface area (Å²) >= 11 is 0. The van der Waals surface area contributed by atoms with E-state index in [1.54, 1.807) is 0 Å². The van der Waals surface area contributed by atoms with Crippen LogP contribution in [-0.2, 0) is 9.53 Å². The largest absolute Gasteiger partial charge is 0.465 e. The molecular formula is C16H29NO3. The Bertz CT molecular complexity index is 308. The number of unbranched alkanes of at least 4 members (excludes halogenated alkanes) is 1. The number of rotatable bonds is 6. The number of esters is 1. The Morgan fingerprint density at radius 2 is 2.05 bits per heavy atom. The third-order valence-corrected chi connectivity index (χ3v) is 4.78. The lowest BCUT2D eigenvalue weighted by Crippen LogP contribution is -2.44. The lowest BCUT2D eigenvalue weighted by atomic mass is 9.80. The lowest BCUT2D eigenvalue weighted by Gasteiger charge is -2.36. The molecule has 0 spiro atoms. The standard InChI is InChI=1S/C16H29NO3/c1-2-3-11-20-16(19)12-17-10-6-8-14(17)13-7-4-5-9-15(13)18/h13-15,18H,2-12H2,1H3. The molecule has 0 aromatic carbocycles. The molecule has 2 aliphatic rings. The summed E-state index contributed by atoms with van der Waals surface area (Å²) in [6, 6.07) is 0.379. The first-order chi connectivity index (χ1) is 9.72. The van der Waals surface area contributed by atoms with Crippen molar-refractivity contribution in [2.45, 2.75) is 70.4 Å². The third kappa shape index (κ3) is 4.19. The Balaban J connectivity index is 1.82. The van der Waals surface area contributed by atoms with Crippen molar-refractivity contribution in [3.8, 4) is 0 Å². The van der Waals surface area contributed by atoms with Crippen LogP contribution in [0.4, 0.5) is 0 Å². The maximum Gasteiger partial charge on any atom is 0.320 e. The van der Waals surface area contributed by atoms with Gasteiger partial charge in [-0.05, 0) is 38.6 Å². The lowest BCUT2D eigenvalue weighted by molar-refractivity contribution is -0.145. The first-order valence-electron chi connectivity index (χ1n) is 8.30. The fourth-order valence-electron chi connectivity index (χ4n) is 3.66. The van der Waals surface area contributed by atoms with Crippen LogP contribution in [0.1, 0.15) is 58.3 Å². The highest BCUT2D eigenvalue weighted by Gasteiger charge is 2.37. The number of likely N-dealkylation sites (tertiary alicyclic amines) is 1. The van der Waals surface area contributed by atoms with E-state index in [9.17, 15) is 9.90 Å². The second kappa shape index (κ2) is 7.99. The Labute approximate surface area is 122 Å². The van der Waals surface area contributed by atoms with E-state index >= 15 is 0 Å². The molecule has 0 aromatic heterocycles. The van der Waals surface area contributed by atoms with Gasteiger partial charge in [-0.25, -0.2) is 0 Å². The predicted molar refractivity (Wildman–Crippen MR) is 78.4 cm³/mol. The second-order valence-corrected chi connectivity index (χ2v) is 6.27. The third-order valence-electron chi connectivity index (χ3n) is 4.78. The summed E-state index contributed by atoms with van der Waals surface area (Å²) < 4.78 is 5.26. The van der Waals surface area contributed by atoms with E-state index in [0.717, 1.165) is 51.5 Å². The van der Waals surface area contributed by atoms with Gasteiger partial charge in [0, 0.05) is 12.0 Å². The highest BCUT2D eigenvalue weighted by molar-refractivity contribution is 5.71. The number of hydrogen-bond donors (Lipinski definition) is 1. The minimum absolute atomic E-state index is 0.101. The number of ether oxygens (including phenoxy) is 1. The van der Waals surface area contributed by atoms with E-state index in [0.29, 0.717) is 25.1 Å². The van der Waals surface area contributed by atoms with Crippen LogP contribution in [0.15, 0.2) is 0 Å². The smallest absolute Gasteiger partial charge is 0.320 e. The van der Waals surface area contributed by atoms with E-state index in [-0.39, 0.29) is 12.1 Å². The van der Waals surface area contributed by atoms with Crippen LogP contribution in [-0.4, -0.2) is 47.8 Å². The molecular weight excluding hydrogens is 254 g/mol. The van der Waals surface area contributed by atoms with Crippen molar-refractivity contribution in [1.29, 1.82) is 0 Å². The topological polar surface area (TPSA) is 49.8 Å². The highest BCUT2D eigenvalue weighted by atomic mass is 16.5. The summed E-state index contributed by atoms with van der Waals surface area (Å²) in [6.45, 7) is 4.00. The second-order valence-electron chi connectivity index (χ2n) is 6.27. The zero-order chi connectivity index (χ0) is 14.4. The Morgan fingerprint density at radius 1 is 1.25 bits per heavy atom. The fraction of sp³-hybridized carbons (Fsp3) is 0.938. The number of aliphatic hydroxyl groups excluding tert-OH is 1. The predicted octanol–water partition coefficient (Wildman–Crippen LogP) is 2.35. The molecule has 1 aliphatic carbocycles. The molecule has 3 unspecified atom stereocenters. The molecule has 1 aliphatic heterocycles. The van der Waals surface area contributed by atoms with E-state index in [2.05, 4.69) is 11.8 Å². The van der Waals surface area contributed by atoms with Gasteiger partial charge >= 0.3 is 5.97 Å². The number of carbonyl (C=O) groups excluding carboxylic acids is 1. The molecule has 20 heavy (non-hydrogen) atoms. The number of carbonyl (C=O) groups is 1. The monoisotopic (exact) mass is 283 g/mol. The molecule has 3 atom stereocenters. The van der Waals surface area contributed by atoms with Gasteiger partial charge in [-0.2, -0.15) is 0 Å². The van der Waals surface area contributed by atoms with Crippen molar-refractivity contribution < 1.29 is 14.6 Å². The van der Waals surface area contributed by atoms with Gasteiger partial charge in [0.2, 0.25) is 0 Å². The first-order valence-corrected chi connectivity index (χ1v) is 8.30. The minimum Gasteiger partial charge on any atom is -0.465 e. The molecule has 116 valence electrons. The molecule has 4 heteroatoms. The van der Waals surface area contributed by atoms with Crippen molar-refractivity contribution in [3.63, 3.8) is 0 Å². The number of nitrogens with zero attached hydrogens (tertiary/aromatic N) is 1. The summed E-state index contributed by atoms with van der Waals surface area (Å²) in [5, 5.41) is 10.2. The van der Waals surface area contributed by atoms with Gasteiger partial charge < -0.3 is 9.84 Å². The summed E-state index contributed by atoms with van der Waals surface area (Å²) in [5.74, 6) is 0.255. The fourth-order valence-corrected chi connectivity index (χ4v) is 3.66. The van der Waals surface area contributed by atoms with Gasteiger partial charge in [-0.1, -0.05) is 26.2 Å². The summed E-state index contributed by atoms with van der Waals surface area (Å²) in [7, 11) is 0. The molecule has 0 radical (unpaired) electrons. The minimum atomic E-state index is -0.175. The van der Waals surface area contributed by atoms with Crippen molar-refractivity contribution >= 4 is 5.97 Å². The van der Waals surface area contributed by atoms with Gasteiger partial charge in [-0.15, -0.1) is 0 Å². The summed E-state index contributed by atoms with van der Waals surface area (Å²) in [4.78, 5) is 14.1. The molecule has 1 N–H and O–H groups in total. The van der Waals surface area contributed by atoms with Crippen LogP contribution in [0.5, 0.6) is 0 Å². The molecule has 4 nitrogen and oxygen atoms in total. The molecule has 0 bridgehead atoms. The van der Waals surface area contributed by atoms with Gasteiger partial charge in [0.05, 0.1) is 19.3 Å². The van der Waals surface area contributed by atoms with Crippen LogP contribution in [0, 0.1) is 5.92 Å². The zero-order valence-electron chi connectivity index (χ0n) is 12.7. The van der Waals surface area contributed by atoms with Crippen molar-refractivity contribution in [2.24, 2.45) is 5.92 Å². The Kier molecular flexibility index (Phi) is 6.30. The average Bonchev–Trinajstić information content (AvgIpc) is 2.87. The highest BCUT2D eigenvalue weighted by Crippen LogP contribution is 2.34. The van der Waals surface area contributed by atoms with Gasteiger partial charge in [0.1, 0.15) is 0 Å². The molecule has 2 fully saturated rings. The van der Waals surface area contributed by atoms with Crippen LogP contribution >= 0.6 is 0 Å². The molecule has 0 amide bonds. The maximum atomic E-state index is 11.9. The van der Waals surface area contributed by atoms with Crippen LogP contribution < -0.4 is 0 Å². The van der Waals surface area contributed by atoms with Gasteiger partial charge in [0.25, 0.3) is 0 Å². The molecule has 1 saturated carbocycles. The summed E-state index contributed by atoms with van der Waals surface area (Å²) in [6.07, 6.45) is 8.45. The van der Waals surface area contributed by atoms with Crippen molar-refractivity contribution in [2.75, 3.05) is 19.7 Å². The van der Waals surface area contributed by atoms with E-state index in [1.165, 1.54) is 6.42 Å². The van der Waals surface area contributed by atoms with Crippen LogP contribution in [0.2, 0.25) is 0 Å². The van der Waals surface area contributed by atoms with Gasteiger partial charge in [0.15, 0.2) is 0 Å². The Hall–Kier alpha value is -0.610. The van der Waals surface area contributed by atoms with Crippen molar-refractivity contribution in [1.82, 2.24) is 4.90 Å². The maximum absolute atomic E-state index is 11.9. The van der Waals surface area contributed by atoms with E-state index in [4.69, 9.17) is 4.74 Å². The zero-order valence-corrected chi connectivity index (χ0v) is 12.7. The molecule has 0 aromatic rings.